The molecule has 0 radical (unpaired) electrons. The molecule has 1 fully saturated rings. The monoisotopic (exact) mass is 286 g/mol. The smallest absolute Gasteiger partial charge is 0.238 e. The molecule has 0 spiro atoms. The summed E-state index contributed by atoms with van der Waals surface area (Å²) in [5.41, 5.74) is 5.16. The fourth-order valence-electron chi connectivity index (χ4n) is 1.71. The van der Waals surface area contributed by atoms with E-state index in [1.807, 2.05) is 0 Å². The maximum atomic E-state index is 13.3. The molecule has 0 saturated heterocycles. The largest absolute Gasteiger partial charge is 0.396 e. The van der Waals surface area contributed by atoms with E-state index >= 15 is 0 Å². The van der Waals surface area contributed by atoms with Crippen molar-refractivity contribution in [2.45, 2.75) is 23.8 Å². The molecule has 0 aromatic heterocycles. The zero-order valence-electron chi connectivity index (χ0n) is 10.5. The number of sulfone groups is 1. The maximum absolute atomic E-state index is 13.3. The van der Waals surface area contributed by atoms with Crippen molar-refractivity contribution in [2.75, 3.05) is 18.5 Å². The molecule has 0 bridgehead atoms. The molecule has 104 valence electrons. The van der Waals surface area contributed by atoms with E-state index in [-0.39, 0.29) is 16.6 Å². The third-order valence-electron chi connectivity index (χ3n) is 3.13. The molecule has 2 N–H and O–H groups in total. The molecule has 5 nitrogen and oxygen atoms in total. The lowest BCUT2D eigenvalue weighted by Gasteiger charge is -2.16. The van der Waals surface area contributed by atoms with Gasteiger partial charge in [0.15, 0.2) is 9.84 Å². The minimum absolute atomic E-state index is 0.125. The highest BCUT2D eigenvalue weighted by Gasteiger charge is 2.32. The van der Waals surface area contributed by atoms with Crippen LogP contribution in [0.1, 0.15) is 12.8 Å². The molecule has 0 heterocycles. The number of carbonyl (C=O) groups is 1. The van der Waals surface area contributed by atoms with E-state index < -0.39 is 27.3 Å². The Morgan fingerprint density at radius 3 is 2.63 bits per heavy atom. The first-order chi connectivity index (χ1) is 8.81. The first-order valence-corrected chi connectivity index (χ1v) is 7.50. The number of nitrogens with zero attached hydrogens (tertiary/aromatic N) is 1. The van der Waals surface area contributed by atoms with E-state index in [1.54, 1.807) is 7.05 Å². The third kappa shape index (κ3) is 3.04. The summed E-state index contributed by atoms with van der Waals surface area (Å²) in [6.45, 7) is 0. The second-order valence-electron chi connectivity index (χ2n) is 4.68. The Balaban J connectivity index is 2.17. The number of halogens is 1. The van der Waals surface area contributed by atoms with E-state index in [4.69, 9.17) is 5.73 Å². The fourth-order valence-corrected chi connectivity index (χ4v) is 2.97. The van der Waals surface area contributed by atoms with Crippen LogP contribution in [0.3, 0.4) is 0 Å². The first kappa shape index (κ1) is 13.8. The van der Waals surface area contributed by atoms with Crippen LogP contribution in [0.15, 0.2) is 23.1 Å². The Kier molecular flexibility index (Phi) is 3.49. The molecule has 1 aromatic carbocycles. The molecular formula is C12H15FN2O3S. The lowest BCUT2D eigenvalue weighted by molar-refractivity contribution is -0.127. The lowest BCUT2D eigenvalue weighted by atomic mass is 10.3. The van der Waals surface area contributed by atoms with Crippen molar-refractivity contribution in [2.24, 2.45) is 0 Å². The second-order valence-corrected chi connectivity index (χ2v) is 6.67. The van der Waals surface area contributed by atoms with E-state index in [1.165, 1.54) is 17.0 Å². The predicted octanol–water partition coefficient (Wildman–Crippen LogP) is 0.802. The van der Waals surface area contributed by atoms with Crippen LogP contribution in [0.25, 0.3) is 0 Å². The van der Waals surface area contributed by atoms with Crippen molar-refractivity contribution in [1.29, 1.82) is 0 Å². The summed E-state index contributed by atoms with van der Waals surface area (Å²) in [5.74, 6) is -1.92. The van der Waals surface area contributed by atoms with Crippen molar-refractivity contribution >= 4 is 21.4 Å². The van der Waals surface area contributed by atoms with Gasteiger partial charge >= 0.3 is 0 Å². The maximum Gasteiger partial charge on any atom is 0.238 e. The number of nitrogen functional groups attached to an aromatic ring is 1. The molecule has 1 aromatic rings. The SMILES string of the molecule is CN(C(=O)CS(=O)(=O)c1ccc(N)c(F)c1)C1CC1. The summed E-state index contributed by atoms with van der Waals surface area (Å²) in [6.07, 6.45) is 1.80. The van der Waals surface area contributed by atoms with Crippen LogP contribution in [0, 0.1) is 5.82 Å². The summed E-state index contributed by atoms with van der Waals surface area (Å²) in [4.78, 5) is 13.0. The minimum atomic E-state index is -3.84. The molecule has 1 aliphatic carbocycles. The summed E-state index contributed by atoms with van der Waals surface area (Å²) in [7, 11) is -2.25. The highest BCUT2D eigenvalue weighted by molar-refractivity contribution is 7.92. The quantitative estimate of drug-likeness (QED) is 0.830. The van der Waals surface area contributed by atoms with E-state index in [0.717, 1.165) is 18.9 Å². The van der Waals surface area contributed by atoms with Crippen molar-refractivity contribution in [3.63, 3.8) is 0 Å². The average molecular weight is 286 g/mol. The summed E-state index contributed by atoms with van der Waals surface area (Å²) < 4.78 is 37.3. The predicted molar refractivity (Wildman–Crippen MR) is 68.7 cm³/mol. The zero-order chi connectivity index (χ0) is 14.2. The molecule has 1 aliphatic rings. The van der Waals surface area contributed by atoms with Crippen LogP contribution in [-0.4, -0.2) is 38.1 Å². The van der Waals surface area contributed by atoms with Crippen molar-refractivity contribution < 1.29 is 17.6 Å². The lowest BCUT2D eigenvalue weighted by Crippen LogP contribution is -2.34. The summed E-state index contributed by atoms with van der Waals surface area (Å²) in [6, 6.07) is 3.37. The van der Waals surface area contributed by atoms with Crippen LogP contribution >= 0.6 is 0 Å². The number of rotatable bonds is 4. The first-order valence-electron chi connectivity index (χ1n) is 5.85. The molecule has 2 rings (SSSR count). The number of hydrogen-bond donors (Lipinski definition) is 1. The number of benzene rings is 1. The average Bonchev–Trinajstić information content (AvgIpc) is 3.15. The summed E-state index contributed by atoms with van der Waals surface area (Å²) >= 11 is 0. The van der Waals surface area contributed by atoms with Gasteiger partial charge in [-0.15, -0.1) is 0 Å². The zero-order valence-corrected chi connectivity index (χ0v) is 11.3. The van der Waals surface area contributed by atoms with E-state index in [0.29, 0.717) is 0 Å². The standard InChI is InChI=1S/C12H15FN2O3S/c1-15(8-2-3-8)12(16)7-19(17,18)9-4-5-11(14)10(13)6-9/h4-6,8H,2-3,7,14H2,1H3. The number of anilines is 1. The Hall–Kier alpha value is -1.63. The van der Waals surface area contributed by atoms with Crippen LogP contribution in [0.5, 0.6) is 0 Å². The number of amides is 1. The van der Waals surface area contributed by atoms with Gasteiger partial charge in [0.2, 0.25) is 5.91 Å². The van der Waals surface area contributed by atoms with E-state index in [2.05, 4.69) is 0 Å². The molecule has 0 atom stereocenters. The van der Waals surface area contributed by atoms with Gasteiger partial charge in [-0.1, -0.05) is 0 Å². The van der Waals surface area contributed by atoms with Gasteiger partial charge in [-0.3, -0.25) is 4.79 Å². The molecule has 0 unspecified atom stereocenters. The molecule has 7 heteroatoms. The van der Waals surface area contributed by atoms with Crippen LogP contribution in [-0.2, 0) is 14.6 Å². The molecular weight excluding hydrogens is 271 g/mol. The Bertz CT molecular complexity index is 611. The normalized spacial score (nSPS) is 15.3. The van der Waals surface area contributed by atoms with Gasteiger partial charge in [-0.25, -0.2) is 12.8 Å². The van der Waals surface area contributed by atoms with E-state index in [9.17, 15) is 17.6 Å². The molecule has 0 aliphatic heterocycles. The highest BCUT2D eigenvalue weighted by Crippen LogP contribution is 2.26. The van der Waals surface area contributed by atoms with Crippen LogP contribution in [0.4, 0.5) is 10.1 Å². The third-order valence-corrected chi connectivity index (χ3v) is 4.73. The highest BCUT2D eigenvalue weighted by atomic mass is 32.2. The Morgan fingerprint density at radius 1 is 1.47 bits per heavy atom. The molecule has 1 amide bonds. The topological polar surface area (TPSA) is 80.5 Å². The van der Waals surface area contributed by atoms with Gasteiger partial charge in [0, 0.05) is 13.1 Å². The number of carbonyl (C=O) groups excluding carboxylic acids is 1. The van der Waals surface area contributed by atoms with Gasteiger partial charge in [-0.05, 0) is 31.0 Å². The number of hydrogen-bond acceptors (Lipinski definition) is 4. The van der Waals surface area contributed by atoms with Gasteiger partial charge in [-0.2, -0.15) is 0 Å². The van der Waals surface area contributed by atoms with Crippen LogP contribution in [0.2, 0.25) is 0 Å². The van der Waals surface area contributed by atoms with Crippen molar-refractivity contribution in [1.82, 2.24) is 4.90 Å². The van der Waals surface area contributed by atoms with Crippen LogP contribution < -0.4 is 5.73 Å². The second kappa shape index (κ2) is 4.80. The molecule has 19 heavy (non-hydrogen) atoms. The minimum Gasteiger partial charge on any atom is -0.396 e. The number of nitrogens with two attached hydrogens (primary N) is 1. The van der Waals surface area contributed by atoms with Crippen molar-refractivity contribution in [3.05, 3.63) is 24.0 Å². The van der Waals surface area contributed by atoms with Gasteiger partial charge in [0.05, 0.1) is 10.6 Å². The van der Waals surface area contributed by atoms with Gasteiger partial charge in [0.25, 0.3) is 0 Å². The Labute approximate surface area is 111 Å². The Morgan fingerprint density at radius 2 is 2.11 bits per heavy atom. The van der Waals surface area contributed by atoms with Crippen molar-refractivity contribution in [3.8, 4) is 0 Å². The van der Waals surface area contributed by atoms with Gasteiger partial charge in [0.1, 0.15) is 11.6 Å². The fraction of sp³-hybridized carbons (Fsp3) is 0.417. The van der Waals surface area contributed by atoms with Gasteiger partial charge < -0.3 is 10.6 Å². The summed E-state index contributed by atoms with van der Waals surface area (Å²) in [5, 5.41) is 0. The molecule has 1 saturated carbocycles.